The van der Waals surface area contributed by atoms with Crippen LogP contribution in [0.15, 0.2) is 24.4 Å². The monoisotopic (exact) mass is 156 g/mol. The molecule has 0 saturated carbocycles. The third kappa shape index (κ3) is 2.86. The van der Waals surface area contributed by atoms with Crippen molar-refractivity contribution in [1.82, 2.24) is 5.06 Å². The van der Waals surface area contributed by atoms with E-state index in [0.717, 1.165) is 5.06 Å². The largest absolute Gasteiger partial charge is 0.394 e. The lowest BCUT2D eigenvalue weighted by Crippen LogP contribution is -2.29. The van der Waals surface area contributed by atoms with Gasteiger partial charge in [0.1, 0.15) is 0 Å². The predicted octanol–water partition coefficient (Wildman–Crippen LogP) is 0.0348. The van der Waals surface area contributed by atoms with Gasteiger partial charge in [0.15, 0.2) is 0 Å². The molecule has 1 amide bonds. The summed E-state index contributed by atoms with van der Waals surface area (Å²) in [5.41, 5.74) is 5.42. The zero-order valence-corrected chi connectivity index (χ0v) is 6.70. The maximum atomic E-state index is 11.0. The Balaban J connectivity index is 4.24. The van der Waals surface area contributed by atoms with Crippen molar-refractivity contribution in [3.8, 4) is 0 Å². The van der Waals surface area contributed by atoms with Gasteiger partial charge in [0.05, 0.1) is 12.8 Å². The average molecular weight is 156 g/mol. The number of carbonyl (C=O) groups excluding carboxylic acids is 1. The first kappa shape index (κ1) is 9.71. The highest BCUT2D eigenvalue weighted by molar-refractivity contribution is 5.91. The Morgan fingerprint density at radius 2 is 2.27 bits per heavy atom. The van der Waals surface area contributed by atoms with Gasteiger partial charge in [-0.25, -0.2) is 5.06 Å². The standard InChI is InChI=1S/C7H12N2O2/c1-4-5-6(8)7(10)9(2)11-3/h4-5H,1,8H2,2-3H3/b6-5-. The molecule has 0 aliphatic carbocycles. The van der Waals surface area contributed by atoms with E-state index in [4.69, 9.17) is 5.73 Å². The van der Waals surface area contributed by atoms with Crippen molar-refractivity contribution in [1.29, 1.82) is 0 Å². The van der Waals surface area contributed by atoms with Crippen LogP contribution in [-0.4, -0.2) is 25.1 Å². The summed E-state index contributed by atoms with van der Waals surface area (Å²) in [6, 6.07) is 0. The second-order valence-electron chi connectivity index (χ2n) is 1.84. The van der Waals surface area contributed by atoms with Crippen LogP contribution in [0, 0.1) is 0 Å². The molecule has 0 rings (SSSR count). The molecule has 0 aromatic heterocycles. The van der Waals surface area contributed by atoms with E-state index in [0.29, 0.717) is 0 Å². The van der Waals surface area contributed by atoms with Crippen molar-refractivity contribution < 1.29 is 9.63 Å². The maximum Gasteiger partial charge on any atom is 0.292 e. The van der Waals surface area contributed by atoms with Gasteiger partial charge in [0, 0.05) is 7.05 Å². The lowest BCUT2D eigenvalue weighted by atomic mass is 10.4. The van der Waals surface area contributed by atoms with Crippen LogP contribution in [-0.2, 0) is 9.63 Å². The Morgan fingerprint density at radius 3 is 2.64 bits per heavy atom. The number of likely N-dealkylation sites (N-methyl/N-ethyl adjacent to an activating group) is 1. The van der Waals surface area contributed by atoms with Gasteiger partial charge in [-0.2, -0.15) is 0 Å². The van der Waals surface area contributed by atoms with Gasteiger partial charge in [-0.15, -0.1) is 0 Å². The van der Waals surface area contributed by atoms with Crippen LogP contribution < -0.4 is 5.73 Å². The lowest BCUT2D eigenvalue weighted by Gasteiger charge is -2.12. The lowest BCUT2D eigenvalue weighted by molar-refractivity contribution is -0.164. The first-order valence-electron chi connectivity index (χ1n) is 3.03. The number of allylic oxidation sites excluding steroid dienone is 2. The zero-order valence-electron chi connectivity index (χ0n) is 6.70. The molecule has 0 heterocycles. The second-order valence-corrected chi connectivity index (χ2v) is 1.84. The summed E-state index contributed by atoms with van der Waals surface area (Å²) in [6.07, 6.45) is 2.86. The summed E-state index contributed by atoms with van der Waals surface area (Å²) >= 11 is 0. The van der Waals surface area contributed by atoms with Crippen LogP contribution in [0.5, 0.6) is 0 Å². The number of hydroxylamine groups is 2. The summed E-state index contributed by atoms with van der Waals surface area (Å²) in [7, 11) is 2.87. The molecular weight excluding hydrogens is 144 g/mol. The molecule has 0 aromatic carbocycles. The van der Waals surface area contributed by atoms with E-state index in [1.165, 1.54) is 26.3 Å². The van der Waals surface area contributed by atoms with E-state index in [9.17, 15) is 4.79 Å². The molecule has 0 atom stereocenters. The van der Waals surface area contributed by atoms with Crippen molar-refractivity contribution in [2.45, 2.75) is 0 Å². The molecule has 0 unspecified atom stereocenters. The molecule has 0 aromatic rings. The molecule has 0 saturated heterocycles. The molecule has 0 spiro atoms. The minimum Gasteiger partial charge on any atom is -0.394 e. The van der Waals surface area contributed by atoms with Gasteiger partial charge < -0.3 is 5.73 Å². The minimum atomic E-state index is -0.382. The maximum absolute atomic E-state index is 11.0. The van der Waals surface area contributed by atoms with Crippen molar-refractivity contribution in [3.05, 3.63) is 24.4 Å². The molecule has 4 nitrogen and oxygen atoms in total. The minimum absolute atomic E-state index is 0.101. The summed E-state index contributed by atoms with van der Waals surface area (Å²) in [6.45, 7) is 3.40. The number of hydrogen-bond acceptors (Lipinski definition) is 3. The van der Waals surface area contributed by atoms with Crippen LogP contribution in [0.25, 0.3) is 0 Å². The molecule has 0 fully saturated rings. The van der Waals surface area contributed by atoms with E-state index in [2.05, 4.69) is 11.4 Å². The van der Waals surface area contributed by atoms with E-state index in [1.807, 2.05) is 0 Å². The number of rotatable bonds is 3. The highest BCUT2D eigenvalue weighted by Crippen LogP contribution is 1.92. The molecule has 4 heteroatoms. The smallest absolute Gasteiger partial charge is 0.292 e. The Kier molecular flexibility index (Phi) is 3.98. The normalized spacial score (nSPS) is 10.9. The fraction of sp³-hybridized carbons (Fsp3) is 0.286. The third-order valence-electron chi connectivity index (χ3n) is 1.10. The summed E-state index contributed by atoms with van der Waals surface area (Å²) in [5.74, 6) is -0.382. The number of nitrogens with two attached hydrogens (primary N) is 1. The third-order valence-corrected chi connectivity index (χ3v) is 1.10. The Morgan fingerprint density at radius 1 is 1.73 bits per heavy atom. The number of amides is 1. The molecular formula is C7H12N2O2. The van der Waals surface area contributed by atoms with Crippen LogP contribution >= 0.6 is 0 Å². The Labute approximate surface area is 65.9 Å². The Bertz CT molecular complexity index is 187. The van der Waals surface area contributed by atoms with E-state index in [-0.39, 0.29) is 11.6 Å². The highest BCUT2D eigenvalue weighted by atomic mass is 16.7. The van der Waals surface area contributed by atoms with Crippen molar-refractivity contribution >= 4 is 5.91 Å². The van der Waals surface area contributed by atoms with Gasteiger partial charge in [0.2, 0.25) is 0 Å². The molecule has 62 valence electrons. The van der Waals surface area contributed by atoms with E-state index < -0.39 is 0 Å². The van der Waals surface area contributed by atoms with Gasteiger partial charge in [0.25, 0.3) is 5.91 Å². The molecule has 0 bridgehead atoms. The van der Waals surface area contributed by atoms with Crippen LogP contribution in [0.4, 0.5) is 0 Å². The second kappa shape index (κ2) is 4.51. The number of hydrogen-bond donors (Lipinski definition) is 1. The summed E-state index contributed by atoms with van der Waals surface area (Å²) in [5, 5.41) is 1.04. The van der Waals surface area contributed by atoms with Gasteiger partial charge in [-0.05, 0) is 6.08 Å². The zero-order chi connectivity index (χ0) is 8.85. The van der Waals surface area contributed by atoms with Gasteiger partial charge in [-0.3, -0.25) is 9.63 Å². The Hall–Kier alpha value is -1.29. The van der Waals surface area contributed by atoms with Crippen molar-refractivity contribution in [3.63, 3.8) is 0 Å². The fourth-order valence-corrected chi connectivity index (χ4v) is 0.463. The predicted molar refractivity (Wildman–Crippen MR) is 42.2 cm³/mol. The van der Waals surface area contributed by atoms with Crippen molar-refractivity contribution in [2.75, 3.05) is 14.2 Å². The van der Waals surface area contributed by atoms with E-state index in [1.54, 1.807) is 0 Å². The topological polar surface area (TPSA) is 55.6 Å². The summed E-state index contributed by atoms with van der Waals surface area (Å²) < 4.78 is 0. The highest BCUT2D eigenvalue weighted by Gasteiger charge is 2.09. The van der Waals surface area contributed by atoms with Crippen LogP contribution in [0.2, 0.25) is 0 Å². The number of nitrogens with zero attached hydrogens (tertiary/aromatic N) is 1. The van der Waals surface area contributed by atoms with Crippen LogP contribution in [0.3, 0.4) is 0 Å². The first-order chi connectivity index (χ1) is 5.13. The average Bonchev–Trinajstić information content (AvgIpc) is 2.02. The fourth-order valence-electron chi connectivity index (χ4n) is 0.463. The number of carbonyl (C=O) groups is 1. The molecule has 11 heavy (non-hydrogen) atoms. The molecule has 2 N–H and O–H groups in total. The molecule has 0 aliphatic heterocycles. The van der Waals surface area contributed by atoms with Gasteiger partial charge >= 0.3 is 0 Å². The summed E-state index contributed by atoms with van der Waals surface area (Å²) in [4.78, 5) is 15.6. The van der Waals surface area contributed by atoms with Crippen molar-refractivity contribution in [2.24, 2.45) is 5.73 Å². The SMILES string of the molecule is C=C/C=C(\N)C(=O)N(C)OC. The van der Waals surface area contributed by atoms with Crippen LogP contribution in [0.1, 0.15) is 0 Å². The molecule has 0 aliphatic rings. The molecule has 0 radical (unpaired) electrons. The first-order valence-corrected chi connectivity index (χ1v) is 3.03. The quantitative estimate of drug-likeness (QED) is 0.356. The van der Waals surface area contributed by atoms with Gasteiger partial charge in [-0.1, -0.05) is 12.7 Å². The van der Waals surface area contributed by atoms with E-state index >= 15 is 0 Å².